The van der Waals surface area contributed by atoms with Crippen LogP contribution < -0.4 is 0 Å². The number of aliphatic imine (C=N–C) groups is 1. The van der Waals surface area contributed by atoms with Crippen molar-refractivity contribution in [3.63, 3.8) is 0 Å². The quantitative estimate of drug-likeness (QED) is 0.210. The van der Waals surface area contributed by atoms with Crippen LogP contribution in [0.25, 0.3) is 5.69 Å². The molecule has 1 aromatic carbocycles. The Balaban J connectivity index is 0.00000103. The van der Waals surface area contributed by atoms with Crippen LogP contribution in [0, 0.1) is 12.7 Å². The minimum absolute atomic E-state index is 0.0362. The van der Waals surface area contributed by atoms with E-state index in [1.54, 1.807) is 42.7 Å². The molecule has 0 saturated heterocycles. The molecule has 4 rings (SSSR count). The normalized spacial score (nSPS) is 14.3. The minimum atomic E-state index is -2.86. The number of carbonyl (C=O) groups excluding carboxylic acids is 2. The molecule has 2 atom stereocenters. The van der Waals surface area contributed by atoms with E-state index in [2.05, 4.69) is 25.9 Å². The number of esters is 1. The maximum Gasteiger partial charge on any atom is 0.511 e. The molecule has 0 aliphatic carbocycles. The van der Waals surface area contributed by atoms with Crippen LogP contribution in [-0.2, 0) is 30.4 Å². The summed E-state index contributed by atoms with van der Waals surface area (Å²) in [5, 5.41) is 0. The first-order chi connectivity index (χ1) is 19.1. The highest BCUT2D eigenvalue weighted by Gasteiger charge is 2.30. The summed E-state index contributed by atoms with van der Waals surface area (Å²) in [6, 6.07) is 8.16. The van der Waals surface area contributed by atoms with Gasteiger partial charge in [0, 0.05) is 24.5 Å². The van der Waals surface area contributed by atoms with Crippen molar-refractivity contribution in [3.05, 3.63) is 75.8 Å². The number of carbonyl (C=O) groups is 2. The molecule has 2 aromatic heterocycles. The first kappa shape index (κ1) is 31.0. The highest BCUT2D eigenvalue weighted by atomic mass is 79.9. The largest absolute Gasteiger partial charge is 0.750 e. The zero-order valence-electron chi connectivity index (χ0n) is 21.4. The molecule has 12 nitrogen and oxygen atoms in total. The minimum Gasteiger partial charge on any atom is -0.750 e. The van der Waals surface area contributed by atoms with E-state index >= 15 is 4.39 Å². The standard InChI is InChI=1S/C25H24BrFN4O5.H2O3S/c1-3-12-34-25(33)36-14-35-20(32)10-8-18-24-29-13-15(2)31(24)19-9-7-16(26)22(27)21(19)23(30-18)17-6-4-5-11-28-17;1-4(2)3/h4-7,9,11,13,18H,3,8,10,12,14H2,1-2H3;(H2,1,2,3)/p-1/t18-;/m0./s1. The van der Waals surface area contributed by atoms with Crippen molar-refractivity contribution >= 4 is 45.1 Å². The molecule has 0 fully saturated rings. The summed E-state index contributed by atoms with van der Waals surface area (Å²) in [7, 11) is 0. The average molecular weight is 640 g/mol. The van der Waals surface area contributed by atoms with Crippen LogP contribution in [0.1, 0.15) is 55.0 Å². The van der Waals surface area contributed by atoms with Crippen LogP contribution >= 0.6 is 15.9 Å². The lowest BCUT2D eigenvalue weighted by Crippen LogP contribution is -2.15. The summed E-state index contributed by atoms with van der Waals surface area (Å²) in [5.74, 6) is -0.491. The molecule has 0 radical (unpaired) electrons. The van der Waals surface area contributed by atoms with E-state index in [0.717, 1.165) is 5.69 Å². The Bertz CT molecular complexity index is 1400. The second kappa shape index (κ2) is 14.7. The maximum atomic E-state index is 15.5. The average Bonchev–Trinajstić information content (AvgIpc) is 3.23. The number of hydrogen-bond acceptors (Lipinski definition) is 10. The van der Waals surface area contributed by atoms with Gasteiger partial charge in [0.25, 0.3) is 0 Å². The smallest absolute Gasteiger partial charge is 0.511 e. The Morgan fingerprint density at radius 2 is 1.95 bits per heavy atom. The topological polar surface area (TPSA) is 165 Å². The van der Waals surface area contributed by atoms with Crippen LogP contribution in [0.5, 0.6) is 0 Å². The molecule has 1 unspecified atom stereocenters. The Morgan fingerprint density at radius 1 is 1.20 bits per heavy atom. The molecule has 0 spiro atoms. The van der Waals surface area contributed by atoms with E-state index in [0.29, 0.717) is 33.8 Å². The zero-order chi connectivity index (χ0) is 29.2. The van der Waals surface area contributed by atoms with Gasteiger partial charge in [-0.25, -0.2) is 18.4 Å². The molecular formula is C25H25BrFN4O8S-. The van der Waals surface area contributed by atoms with E-state index in [9.17, 15) is 9.59 Å². The van der Waals surface area contributed by atoms with Crippen LogP contribution in [0.2, 0.25) is 0 Å². The second-order valence-electron chi connectivity index (χ2n) is 8.19. The van der Waals surface area contributed by atoms with Crippen LogP contribution in [0.4, 0.5) is 9.18 Å². The van der Waals surface area contributed by atoms with E-state index < -0.39 is 42.1 Å². The van der Waals surface area contributed by atoms with Gasteiger partial charge in [-0.1, -0.05) is 13.0 Å². The third-order valence-electron chi connectivity index (χ3n) is 5.45. The number of ether oxygens (including phenoxy) is 3. The van der Waals surface area contributed by atoms with E-state index in [1.165, 1.54) is 0 Å². The van der Waals surface area contributed by atoms with Gasteiger partial charge in [-0.2, -0.15) is 0 Å². The molecule has 0 amide bonds. The fourth-order valence-electron chi connectivity index (χ4n) is 3.82. The second-order valence-corrected chi connectivity index (χ2v) is 9.48. The van der Waals surface area contributed by atoms with Crippen LogP contribution in [0.15, 0.2) is 52.2 Å². The Labute approximate surface area is 239 Å². The van der Waals surface area contributed by atoms with Gasteiger partial charge >= 0.3 is 12.1 Å². The van der Waals surface area contributed by atoms with Crippen molar-refractivity contribution in [2.24, 2.45) is 4.99 Å². The predicted molar refractivity (Wildman–Crippen MR) is 143 cm³/mol. The summed E-state index contributed by atoms with van der Waals surface area (Å²) in [4.78, 5) is 37.5. The Morgan fingerprint density at radius 3 is 2.62 bits per heavy atom. The van der Waals surface area contributed by atoms with Crippen molar-refractivity contribution < 1.29 is 41.5 Å². The molecule has 0 bridgehead atoms. The van der Waals surface area contributed by atoms with E-state index in [1.807, 2.05) is 18.4 Å². The van der Waals surface area contributed by atoms with Gasteiger partial charge in [0.1, 0.15) is 17.7 Å². The molecule has 0 saturated carbocycles. The van der Waals surface area contributed by atoms with Gasteiger partial charge in [0.15, 0.2) is 0 Å². The number of aryl methyl sites for hydroxylation is 1. The van der Waals surface area contributed by atoms with Gasteiger partial charge in [-0.3, -0.25) is 19.3 Å². The molecule has 3 aromatic rings. The number of benzene rings is 1. The third-order valence-corrected chi connectivity index (χ3v) is 6.06. The van der Waals surface area contributed by atoms with Gasteiger partial charge in [-0.05, 0) is 60.0 Å². The number of imidazole rings is 1. The number of halogens is 2. The predicted octanol–water partition coefficient (Wildman–Crippen LogP) is 4.55. The van der Waals surface area contributed by atoms with E-state index in [4.69, 9.17) is 32.5 Å². The number of nitrogens with zero attached hydrogens (tertiary/aromatic N) is 4. The lowest BCUT2D eigenvalue weighted by Gasteiger charge is -2.15. The van der Waals surface area contributed by atoms with Crippen molar-refractivity contribution in [2.75, 3.05) is 13.4 Å². The van der Waals surface area contributed by atoms with Gasteiger partial charge < -0.3 is 23.3 Å². The first-order valence-corrected chi connectivity index (χ1v) is 13.7. The zero-order valence-corrected chi connectivity index (χ0v) is 23.8. The number of aromatic nitrogens is 3. The number of fused-ring (bicyclic) bond motifs is 3. The molecule has 1 N–H and O–H groups in total. The Kier molecular flexibility index (Phi) is 11.4. The first-order valence-electron chi connectivity index (χ1n) is 11.9. The van der Waals surface area contributed by atoms with Gasteiger partial charge in [-0.15, -0.1) is 0 Å². The number of rotatable bonds is 8. The molecule has 1 aliphatic rings. The lowest BCUT2D eigenvalue weighted by atomic mass is 10.0. The van der Waals surface area contributed by atoms with Crippen molar-refractivity contribution in [1.29, 1.82) is 0 Å². The summed E-state index contributed by atoms with van der Waals surface area (Å²) in [5.41, 5.74) is 2.50. The Hall–Kier alpha value is -3.53. The highest BCUT2D eigenvalue weighted by molar-refractivity contribution is 9.10. The van der Waals surface area contributed by atoms with Crippen LogP contribution in [-0.4, -0.2) is 59.1 Å². The van der Waals surface area contributed by atoms with Gasteiger partial charge in [0.2, 0.25) is 6.79 Å². The summed E-state index contributed by atoms with van der Waals surface area (Å²) in [6.07, 6.45) is 3.23. The molecule has 214 valence electrons. The molecule has 3 heterocycles. The molecule has 1 aliphatic heterocycles. The molecule has 40 heavy (non-hydrogen) atoms. The van der Waals surface area contributed by atoms with Crippen molar-refractivity contribution in [2.45, 2.75) is 39.2 Å². The third kappa shape index (κ3) is 8.00. The SMILES string of the molecule is CCCOC(=O)OCOC(=O)CC[C@@H]1N=C(c2ccccn2)c2c(ccc(Br)c2F)-n2c(C)cnc21.O=S([O-])O. The fourth-order valence-corrected chi connectivity index (χ4v) is 4.15. The molecular weight excluding hydrogens is 615 g/mol. The maximum absolute atomic E-state index is 15.5. The van der Waals surface area contributed by atoms with Crippen molar-refractivity contribution in [3.8, 4) is 5.69 Å². The van der Waals surface area contributed by atoms with E-state index in [-0.39, 0.29) is 25.0 Å². The van der Waals surface area contributed by atoms with Gasteiger partial charge in [0.05, 0.1) is 45.1 Å². The monoisotopic (exact) mass is 639 g/mol. The molecule has 15 heteroatoms. The summed E-state index contributed by atoms with van der Waals surface area (Å²) in [6.45, 7) is 3.39. The summed E-state index contributed by atoms with van der Waals surface area (Å²) < 4.78 is 56.2. The highest BCUT2D eigenvalue weighted by Crippen LogP contribution is 2.36. The number of hydrogen-bond donors (Lipinski definition) is 1. The number of pyridine rings is 1. The van der Waals surface area contributed by atoms with Crippen molar-refractivity contribution in [1.82, 2.24) is 14.5 Å². The fraction of sp³-hybridized carbons (Fsp3) is 0.320. The summed E-state index contributed by atoms with van der Waals surface area (Å²) >= 11 is 0.420. The van der Waals surface area contributed by atoms with Crippen LogP contribution in [0.3, 0.4) is 0 Å². The lowest BCUT2D eigenvalue weighted by molar-refractivity contribution is -0.153.